The summed E-state index contributed by atoms with van der Waals surface area (Å²) in [5.74, 6) is 1.96. The Morgan fingerprint density at radius 2 is 1.82 bits per heavy atom. The normalized spacial score (nSPS) is 15.9. The van der Waals surface area contributed by atoms with E-state index in [1.807, 2.05) is 19.9 Å². The minimum Gasteiger partial charge on any atom is -0.493 e. The molecule has 40 heavy (non-hydrogen) atoms. The zero-order valence-electron chi connectivity index (χ0n) is 22.3. The molecule has 0 radical (unpaired) electrons. The van der Waals surface area contributed by atoms with Crippen LogP contribution >= 0.6 is 0 Å². The lowest BCUT2D eigenvalue weighted by Crippen LogP contribution is -2.52. The number of tetrazole rings is 1. The lowest BCUT2D eigenvalue weighted by Gasteiger charge is -2.44. The van der Waals surface area contributed by atoms with Crippen molar-refractivity contribution in [1.29, 1.82) is 0 Å². The molecule has 2 N–H and O–H groups in total. The highest BCUT2D eigenvalue weighted by Gasteiger charge is 2.44. The Morgan fingerprint density at radius 1 is 1.07 bits per heavy atom. The zero-order valence-corrected chi connectivity index (χ0v) is 22.3. The molecule has 2 aromatic carbocycles. The Bertz CT molecular complexity index is 1500. The van der Waals surface area contributed by atoms with E-state index in [1.54, 1.807) is 41.6 Å². The molecule has 0 atom stereocenters. The summed E-state index contributed by atoms with van der Waals surface area (Å²) >= 11 is 0. The van der Waals surface area contributed by atoms with Gasteiger partial charge in [-0.1, -0.05) is 0 Å². The number of piperidine rings is 1. The first kappa shape index (κ1) is 25.5. The number of aromatic nitrogens is 6. The van der Waals surface area contributed by atoms with Gasteiger partial charge in [0.1, 0.15) is 22.8 Å². The number of likely N-dealkylation sites (tertiary alicyclic amines) is 1. The molecular weight excluding hydrogens is 514 g/mol. The van der Waals surface area contributed by atoms with E-state index in [4.69, 9.17) is 14.2 Å². The summed E-state index contributed by atoms with van der Waals surface area (Å²) in [6.07, 6.45) is 4.80. The van der Waals surface area contributed by atoms with E-state index in [2.05, 4.69) is 30.8 Å². The number of amides is 1. The van der Waals surface area contributed by atoms with E-state index in [0.29, 0.717) is 78.9 Å². The van der Waals surface area contributed by atoms with Crippen LogP contribution in [0.1, 0.15) is 53.8 Å². The Kier molecular flexibility index (Phi) is 6.66. The number of aromatic amines is 2. The van der Waals surface area contributed by atoms with E-state index < -0.39 is 5.60 Å². The Hall–Kier alpha value is -4.74. The second-order valence-corrected chi connectivity index (χ2v) is 9.82. The average Bonchev–Trinajstić information content (AvgIpc) is 3.69. The van der Waals surface area contributed by atoms with Crippen molar-refractivity contribution < 1.29 is 23.8 Å². The predicted octanol–water partition coefficient (Wildman–Crippen LogP) is 3.69. The first-order valence-corrected chi connectivity index (χ1v) is 13.3. The standard InChI is InChI=1S/C28H29N7O5/c1-3-38-23-12-18(13-24(39-4-2)25(23)19-15-29-30-16-19)27(37)35-9-7-28(8-10-35)14-21(36)20-11-17(5-6-22(20)40-28)26-31-33-34-32-26/h5-6,11-13,15-16H,3-4,7-10,14H2,1-2H3,(H,29,30)(H,31,32,33,34). The van der Waals surface area contributed by atoms with E-state index >= 15 is 0 Å². The third-order valence-electron chi connectivity index (χ3n) is 7.35. The fraction of sp³-hybridized carbons (Fsp3) is 0.357. The van der Waals surface area contributed by atoms with Crippen LogP contribution in [0.2, 0.25) is 0 Å². The molecule has 0 bridgehead atoms. The summed E-state index contributed by atoms with van der Waals surface area (Å²) in [6.45, 7) is 5.58. The quantitative estimate of drug-likeness (QED) is 0.356. The van der Waals surface area contributed by atoms with Crippen LogP contribution in [0.3, 0.4) is 0 Å². The fourth-order valence-electron chi connectivity index (χ4n) is 5.42. The molecule has 0 saturated carbocycles. The molecular formula is C28H29N7O5. The fourth-order valence-corrected chi connectivity index (χ4v) is 5.42. The third kappa shape index (κ3) is 4.65. The van der Waals surface area contributed by atoms with Gasteiger partial charge in [-0.3, -0.25) is 14.7 Å². The number of Topliss-reactive ketones (excluding diaryl/α,β-unsaturated/α-hetero) is 1. The largest absolute Gasteiger partial charge is 0.493 e. The highest BCUT2D eigenvalue weighted by molar-refractivity contribution is 6.01. The van der Waals surface area contributed by atoms with Crippen molar-refractivity contribution >= 4 is 11.7 Å². The molecule has 0 unspecified atom stereocenters. The van der Waals surface area contributed by atoms with Crippen molar-refractivity contribution in [3.8, 4) is 39.8 Å². The summed E-state index contributed by atoms with van der Waals surface area (Å²) < 4.78 is 18.3. The molecule has 2 aliphatic rings. The maximum Gasteiger partial charge on any atom is 0.254 e. The highest BCUT2D eigenvalue weighted by atomic mass is 16.5. The second kappa shape index (κ2) is 10.4. The minimum absolute atomic E-state index is 0.00363. The maximum absolute atomic E-state index is 13.7. The number of fused-ring (bicyclic) bond motifs is 1. The van der Waals surface area contributed by atoms with Gasteiger partial charge in [-0.05, 0) is 49.4 Å². The van der Waals surface area contributed by atoms with Crippen molar-refractivity contribution in [1.82, 2.24) is 35.7 Å². The summed E-state index contributed by atoms with van der Waals surface area (Å²) in [7, 11) is 0. The molecule has 2 aromatic heterocycles. The molecule has 12 nitrogen and oxygen atoms in total. The molecule has 2 aliphatic heterocycles. The highest BCUT2D eigenvalue weighted by Crippen LogP contribution is 2.42. The van der Waals surface area contributed by atoms with Crippen molar-refractivity contribution in [2.45, 2.75) is 38.7 Å². The van der Waals surface area contributed by atoms with Crippen molar-refractivity contribution in [2.24, 2.45) is 0 Å². The van der Waals surface area contributed by atoms with Crippen LogP contribution in [0, 0.1) is 0 Å². The summed E-state index contributed by atoms with van der Waals surface area (Å²) in [5.41, 5.74) is 2.60. The SMILES string of the molecule is CCOc1cc(C(=O)N2CCC3(CC2)CC(=O)c2cc(-c4nn[nH]n4)ccc2O3)cc(OCC)c1-c1cn[nH]c1. The monoisotopic (exact) mass is 543 g/mol. The van der Waals surface area contributed by atoms with E-state index in [9.17, 15) is 9.59 Å². The number of nitrogens with one attached hydrogen (secondary N) is 2. The van der Waals surface area contributed by atoms with Crippen molar-refractivity contribution in [3.05, 3.63) is 53.9 Å². The molecule has 4 heterocycles. The molecule has 1 spiro atoms. The number of rotatable bonds is 7. The van der Waals surface area contributed by atoms with E-state index in [-0.39, 0.29) is 18.1 Å². The van der Waals surface area contributed by atoms with Crippen LogP contribution in [0.25, 0.3) is 22.5 Å². The van der Waals surface area contributed by atoms with Crippen LogP contribution in [0.15, 0.2) is 42.7 Å². The predicted molar refractivity (Wildman–Crippen MR) is 143 cm³/mol. The maximum atomic E-state index is 13.7. The molecule has 1 fully saturated rings. The summed E-state index contributed by atoms with van der Waals surface area (Å²) in [6, 6.07) is 8.86. The number of hydrogen-bond donors (Lipinski definition) is 2. The molecule has 1 saturated heterocycles. The zero-order chi connectivity index (χ0) is 27.7. The van der Waals surface area contributed by atoms with Gasteiger partial charge in [-0.25, -0.2) is 0 Å². The minimum atomic E-state index is -0.646. The van der Waals surface area contributed by atoms with Gasteiger partial charge in [0.05, 0.1) is 37.0 Å². The number of carbonyl (C=O) groups is 2. The van der Waals surface area contributed by atoms with Crippen LogP contribution in [0.5, 0.6) is 17.2 Å². The van der Waals surface area contributed by atoms with Crippen LogP contribution in [-0.4, -0.2) is 79.3 Å². The number of benzene rings is 2. The molecule has 4 aromatic rings. The van der Waals surface area contributed by atoms with Gasteiger partial charge in [-0.2, -0.15) is 10.3 Å². The number of carbonyl (C=O) groups excluding carboxylic acids is 2. The van der Waals surface area contributed by atoms with Gasteiger partial charge in [-0.15, -0.1) is 10.2 Å². The topological polar surface area (TPSA) is 148 Å². The molecule has 206 valence electrons. The number of H-pyrrole nitrogens is 2. The summed E-state index contributed by atoms with van der Waals surface area (Å²) in [5, 5.41) is 20.8. The first-order valence-electron chi connectivity index (χ1n) is 13.3. The Morgan fingerprint density at radius 3 is 2.45 bits per heavy atom. The Labute approximate surface area is 230 Å². The van der Waals surface area contributed by atoms with Crippen LogP contribution in [0.4, 0.5) is 0 Å². The van der Waals surface area contributed by atoms with Crippen LogP contribution in [-0.2, 0) is 0 Å². The number of nitrogens with zero attached hydrogens (tertiary/aromatic N) is 5. The smallest absolute Gasteiger partial charge is 0.254 e. The lowest BCUT2D eigenvalue weighted by molar-refractivity contribution is -0.00572. The van der Waals surface area contributed by atoms with Crippen LogP contribution < -0.4 is 14.2 Å². The van der Waals surface area contributed by atoms with Gasteiger partial charge in [0, 0.05) is 48.8 Å². The number of ketones is 1. The number of hydrogen-bond acceptors (Lipinski definition) is 9. The molecule has 0 aliphatic carbocycles. The van der Waals surface area contributed by atoms with Gasteiger partial charge >= 0.3 is 0 Å². The van der Waals surface area contributed by atoms with Gasteiger partial charge in [0.25, 0.3) is 5.91 Å². The molecule has 1 amide bonds. The summed E-state index contributed by atoms with van der Waals surface area (Å²) in [4.78, 5) is 28.6. The lowest BCUT2D eigenvalue weighted by atomic mass is 9.82. The van der Waals surface area contributed by atoms with Crippen molar-refractivity contribution in [3.63, 3.8) is 0 Å². The van der Waals surface area contributed by atoms with Gasteiger partial charge in [0.2, 0.25) is 5.82 Å². The first-order chi connectivity index (χ1) is 19.5. The Balaban J connectivity index is 1.21. The van der Waals surface area contributed by atoms with Gasteiger partial charge < -0.3 is 19.1 Å². The average molecular weight is 544 g/mol. The second-order valence-electron chi connectivity index (χ2n) is 9.82. The van der Waals surface area contributed by atoms with E-state index in [1.165, 1.54) is 0 Å². The van der Waals surface area contributed by atoms with E-state index in [0.717, 1.165) is 11.1 Å². The van der Waals surface area contributed by atoms with Gasteiger partial charge in [0.15, 0.2) is 5.78 Å². The third-order valence-corrected chi connectivity index (χ3v) is 7.35. The van der Waals surface area contributed by atoms with Crippen molar-refractivity contribution in [2.75, 3.05) is 26.3 Å². The molecule has 6 rings (SSSR count). The molecule has 12 heteroatoms. The number of ether oxygens (including phenoxy) is 3.